The number of halogens is 4. The predicted molar refractivity (Wildman–Crippen MR) is 125 cm³/mol. The van der Waals surface area contributed by atoms with Gasteiger partial charge in [0.2, 0.25) is 10.0 Å². The highest BCUT2D eigenvalue weighted by Gasteiger charge is 2.45. The second-order valence-electron chi connectivity index (χ2n) is 7.75. The molecule has 0 spiro atoms. The van der Waals surface area contributed by atoms with Gasteiger partial charge in [0.1, 0.15) is 6.23 Å². The summed E-state index contributed by atoms with van der Waals surface area (Å²) in [6.07, 6.45) is -5.85. The molecule has 0 aromatic heterocycles. The number of hydrogen-bond acceptors (Lipinski definition) is 4. The average molecular weight is 596 g/mol. The van der Waals surface area contributed by atoms with E-state index in [9.17, 15) is 26.4 Å². The third kappa shape index (κ3) is 6.67. The molecule has 1 amide bonds. The summed E-state index contributed by atoms with van der Waals surface area (Å²) < 4.78 is 73.6. The third-order valence-electron chi connectivity index (χ3n) is 5.41. The Labute approximate surface area is 204 Å². The number of carbonyl (C=O) groups excluding carboxylic acids is 1. The van der Waals surface area contributed by atoms with E-state index >= 15 is 0 Å². The van der Waals surface area contributed by atoms with E-state index in [1.54, 1.807) is 48.5 Å². The number of hydrogen-bond donors (Lipinski definition) is 1. The Kier molecular flexibility index (Phi) is 8.40. The summed E-state index contributed by atoms with van der Waals surface area (Å²) in [6.45, 7) is 1.21. The number of benzene rings is 2. The molecule has 1 heterocycles. The van der Waals surface area contributed by atoms with Crippen LogP contribution in [-0.2, 0) is 19.6 Å². The zero-order valence-corrected chi connectivity index (χ0v) is 20.7. The summed E-state index contributed by atoms with van der Waals surface area (Å²) in [6, 6.07) is 15.3. The van der Waals surface area contributed by atoms with Crippen molar-refractivity contribution in [2.75, 3.05) is 6.54 Å². The first-order valence-corrected chi connectivity index (χ1v) is 13.0. The first kappa shape index (κ1) is 25.9. The standard InChI is InChI=1S/C22H24F3IN2O4S/c1-15(16-8-4-2-5-9-16)28(21(29)22(23,24)25)14-17-12-13-19(26)20(32-17)27-33(30,31)18-10-6-3-7-11-18/h2-11,15,17,19-20,27H,12-14H2,1H3/t15-,17+,19+,20+/m0/s1. The van der Waals surface area contributed by atoms with E-state index in [0.717, 1.165) is 4.90 Å². The molecule has 0 radical (unpaired) electrons. The second kappa shape index (κ2) is 10.7. The first-order chi connectivity index (χ1) is 15.5. The Morgan fingerprint density at radius 1 is 1.12 bits per heavy atom. The minimum absolute atomic E-state index is 0.0610. The van der Waals surface area contributed by atoms with Gasteiger partial charge in [-0.1, -0.05) is 71.1 Å². The summed E-state index contributed by atoms with van der Waals surface area (Å²) in [5.74, 6) is -1.96. The lowest BCUT2D eigenvalue weighted by atomic mass is 10.0. The van der Waals surface area contributed by atoms with E-state index in [1.165, 1.54) is 19.1 Å². The largest absolute Gasteiger partial charge is 0.471 e. The topological polar surface area (TPSA) is 75.7 Å². The smallest absolute Gasteiger partial charge is 0.356 e. The molecule has 11 heteroatoms. The van der Waals surface area contributed by atoms with Gasteiger partial charge < -0.3 is 9.64 Å². The molecule has 1 N–H and O–H groups in total. The fourth-order valence-electron chi connectivity index (χ4n) is 3.62. The fraction of sp³-hybridized carbons (Fsp3) is 0.409. The van der Waals surface area contributed by atoms with Crippen LogP contribution in [0, 0.1) is 0 Å². The number of amides is 1. The SMILES string of the molecule is C[C@@H](c1ccccc1)N(C[C@H]1CC[C@@H](I)[C@H](NS(=O)(=O)c2ccccc2)O1)C(=O)C(F)(F)F. The quantitative estimate of drug-likeness (QED) is 0.380. The molecule has 0 bridgehead atoms. The van der Waals surface area contributed by atoms with Crippen LogP contribution < -0.4 is 4.72 Å². The van der Waals surface area contributed by atoms with Crippen LogP contribution in [0.4, 0.5) is 13.2 Å². The van der Waals surface area contributed by atoms with Gasteiger partial charge in [-0.2, -0.15) is 17.9 Å². The number of rotatable bonds is 7. The highest BCUT2D eigenvalue weighted by atomic mass is 127. The maximum absolute atomic E-state index is 13.4. The van der Waals surface area contributed by atoms with Crippen molar-refractivity contribution < 1.29 is 31.1 Å². The number of ether oxygens (including phenoxy) is 1. The van der Waals surface area contributed by atoms with Gasteiger partial charge in [0.25, 0.3) is 0 Å². The number of nitrogens with zero attached hydrogens (tertiary/aromatic N) is 1. The molecule has 2 aromatic rings. The lowest BCUT2D eigenvalue weighted by Crippen LogP contribution is -2.52. The van der Waals surface area contributed by atoms with E-state index in [1.807, 2.05) is 0 Å². The fourth-order valence-corrected chi connectivity index (χ4v) is 5.75. The third-order valence-corrected chi connectivity index (χ3v) is 8.12. The van der Waals surface area contributed by atoms with Gasteiger partial charge in [0.15, 0.2) is 0 Å². The first-order valence-electron chi connectivity index (χ1n) is 10.3. The van der Waals surface area contributed by atoms with E-state index in [0.29, 0.717) is 18.4 Å². The number of nitrogens with one attached hydrogen (secondary N) is 1. The molecular formula is C22H24F3IN2O4S. The molecule has 0 saturated carbocycles. The Bertz CT molecular complexity index is 1040. The molecular weight excluding hydrogens is 572 g/mol. The van der Waals surface area contributed by atoms with E-state index in [4.69, 9.17) is 4.74 Å². The molecule has 0 unspecified atom stereocenters. The van der Waals surface area contributed by atoms with Gasteiger partial charge in [-0.3, -0.25) is 4.79 Å². The molecule has 3 rings (SSSR count). The zero-order valence-electron chi connectivity index (χ0n) is 17.7. The van der Waals surface area contributed by atoms with Crippen LogP contribution in [-0.4, -0.2) is 48.2 Å². The number of alkyl halides is 4. The van der Waals surface area contributed by atoms with Gasteiger partial charge in [0, 0.05) is 6.54 Å². The summed E-state index contributed by atoms with van der Waals surface area (Å²) in [4.78, 5) is 13.1. The van der Waals surface area contributed by atoms with Crippen LogP contribution in [0.2, 0.25) is 0 Å². The summed E-state index contributed by atoms with van der Waals surface area (Å²) >= 11 is 2.06. The molecule has 0 aliphatic carbocycles. The van der Waals surface area contributed by atoms with E-state index in [-0.39, 0.29) is 15.4 Å². The summed E-state index contributed by atoms with van der Waals surface area (Å²) in [7, 11) is -3.88. The zero-order chi connectivity index (χ0) is 24.2. The lowest BCUT2D eigenvalue weighted by Gasteiger charge is -2.38. The normalized spacial score (nSPS) is 22.5. The Morgan fingerprint density at radius 2 is 1.70 bits per heavy atom. The van der Waals surface area contributed by atoms with Crippen LogP contribution in [0.25, 0.3) is 0 Å². The van der Waals surface area contributed by atoms with Crippen LogP contribution in [0.1, 0.15) is 31.4 Å². The van der Waals surface area contributed by atoms with Crippen molar-refractivity contribution in [1.82, 2.24) is 9.62 Å². The van der Waals surface area contributed by atoms with Gasteiger partial charge in [-0.05, 0) is 37.5 Å². The van der Waals surface area contributed by atoms with Crippen molar-refractivity contribution in [3.8, 4) is 0 Å². The predicted octanol–water partition coefficient (Wildman–Crippen LogP) is 4.43. The Balaban J connectivity index is 1.78. The van der Waals surface area contributed by atoms with Crippen LogP contribution in [0.15, 0.2) is 65.6 Å². The van der Waals surface area contributed by atoms with Crippen molar-refractivity contribution in [3.05, 3.63) is 66.2 Å². The minimum atomic E-state index is -5.04. The molecule has 6 nitrogen and oxygen atoms in total. The molecule has 1 fully saturated rings. The van der Waals surface area contributed by atoms with Gasteiger partial charge in [-0.25, -0.2) is 8.42 Å². The molecule has 1 aliphatic rings. The van der Waals surface area contributed by atoms with Gasteiger partial charge >= 0.3 is 12.1 Å². The van der Waals surface area contributed by atoms with Crippen LogP contribution in [0.5, 0.6) is 0 Å². The van der Waals surface area contributed by atoms with Crippen molar-refractivity contribution >= 4 is 38.5 Å². The van der Waals surface area contributed by atoms with Crippen molar-refractivity contribution in [1.29, 1.82) is 0 Å². The van der Waals surface area contributed by atoms with Gasteiger partial charge in [0.05, 0.1) is 21.0 Å². The van der Waals surface area contributed by atoms with Crippen LogP contribution >= 0.6 is 22.6 Å². The second-order valence-corrected chi connectivity index (χ2v) is 11.1. The molecule has 180 valence electrons. The summed E-state index contributed by atoms with van der Waals surface area (Å²) in [5.41, 5.74) is 0.555. The molecule has 4 atom stereocenters. The Morgan fingerprint density at radius 3 is 2.27 bits per heavy atom. The van der Waals surface area contributed by atoms with Crippen molar-refractivity contribution in [2.24, 2.45) is 0 Å². The highest BCUT2D eigenvalue weighted by Crippen LogP contribution is 2.31. The number of sulfonamides is 1. The molecule has 1 saturated heterocycles. The monoisotopic (exact) mass is 596 g/mol. The average Bonchev–Trinajstić information content (AvgIpc) is 2.79. The number of carbonyl (C=O) groups is 1. The lowest BCUT2D eigenvalue weighted by molar-refractivity contribution is -0.190. The van der Waals surface area contributed by atoms with E-state index in [2.05, 4.69) is 27.3 Å². The molecule has 1 aliphatic heterocycles. The maximum Gasteiger partial charge on any atom is 0.471 e. The Hall–Kier alpha value is -1.70. The summed E-state index contributed by atoms with van der Waals surface area (Å²) in [5, 5.41) is 0. The highest BCUT2D eigenvalue weighted by molar-refractivity contribution is 14.1. The van der Waals surface area contributed by atoms with Gasteiger partial charge in [-0.15, -0.1) is 0 Å². The molecule has 2 aromatic carbocycles. The van der Waals surface area contributed by atoms with Crippen molar-refractivity contribution in [3.63, 3.8) is 0 Å². The van der Waals surface area contributed by atoms with Crippen molar-refractivity contribution in [2.45, 2.75) is 53.1 Å². The van der Waals surface area contributed by atoms with Crippen LogP contribution in [0.3, 0.4) is 0 Å². The van der Waals surface area contributed by atoms with E-state index < -0.39 is 40.5 Å². The molecule has 33 heavy (non-hydrogen) atoms. The minimum Gasteiger partial charge on any atom is -0.356 e. The maximum atomic E-state index is 13.4.